The number of terminal acetylenes is 4. The number of aromatic hydroxyl groups is 2. The van der Waals surface area contributed by atoms with Crippen molar-refractivity contribution in [3.05, 3.63) is 70.8 Å². The molecule has 0 radical (unpaired) electrons. The van der Waals surface area contributed by atoms with Crippen LogP contribution in [0.3, 0.4) is 0 Å². The Balaban J connectivity index is 1.99. The zero-order valence-electron chi connectivity index (χ0n) is 18.8. The van der Waals surface area contributed by atoms with Gasteiger partial charge in [-0.05, 0) is 36.4 Å². The van der Waals surface area contributed by atoms with Crippen LogP contribution in [0.25, 0.3) is 10.8 Å². The van der Waals surface area contributed by atoms with Crippen molar-refractivity contribution in [1.82, 2.24) is 0 Å². The van der Waals surface area contributed by atoms with Crippen LogP contribution in [0.4, 0.5) is 11.4 Å². The second-order valence-corrected chi connectivity index (χ2v) is 7.57. The van der Waals surface area contributed by atoms with Crippen LogP contribution in [0.2, 0.25) is 0 Å². The van der Waals surface area contributed by atoms with Crippen LogP contribution >= 0.6 is 0 Å². The third-order valence-corrected chi connectivity index (χ3v) is 5.39. The van der Waals surface area contributed by atoms with Crippen LogP contribution < -0.4 is 20.9 Å². The molecule has 172 valence electrons. The lowest BCUT2D eigenvalue weighted by atomic mass is 9.91. The molecule has 0 aliphatic rings. The van der Waals surface area contributed by atoms with Gasteiger partial charge in [-0.3, -0.25) is 0 Å². The summed E-state index contributed by atoms with van der Waals surface area (Å²) in [4.78, 5) is 0. The van der Waals surface area contributed by atoms with Gasteiger partial charge in [0.25, 0.3) is 0 Å². The Morgan fingerprint density at radius 1 is 0.583 bits per heavy atom. The third-order valence-electron chi connectivity index (χ3n) is 5.39. The number of phenolic OH excluding ortho intramolecular Hbond substituents is 2. The fourth-order valence-corrected chi connectivity index (χ4v) is 3.69. The molecule has 6 heteroatoms. The standard InChI is InChI=1S/C30H18N2O4/c1-5-17-13-27(35-19-9-11-23(31)25(33)15-19)22(8-4)30-18(6-2)14-28(21(7-3)29(17)30)36-20-10-12-24(32)26(34)16-20/h1-4,9-16,33-34H,31-32H2. The number of fused-ring (bicyclic) bond motifs is 1. The summed E-state index contributed by atoms with van der Waals surface area (Å²) in [7, 11) is 0. The van der Waals surface area contributed by atoms with Gasteiger partial charge in [0.2, 0.25) is 0 Å². The largest absolute Gasteiger partial charge is 0.506 e. The number of rotatable bonds is 4. The molecule has 0 bridgehead atoms. The van der Waals surface area contributed by atoms with E-state index in [4.69, 9.17) is 46.6 Å². The average molecular weight is 470 g/mol. The van der Waals surface area contributed by atoms with Crippen molar-refractivity contribution < 1.29 is 19.7 Å². The number of ether oxygens (including phenoxy) is 2. The van der Waals surface area contributed by atoms with Crippen molar-refractivity contribution in [3.63, 3.8) is 0 Å². The Morgan fingerprint density at radius 3 is 1.28 bits per heavy atom. The van der Waals surface area contributed by atoms with Crippen molar-refractivity contribution in [2.75, 3.05) is 11.5 Å². The van der Waals surface area contributed by atoms with E-state index in [9.17, 15) is 10.2 Å². The zero-order valence-corrected chi connectivity index (χ0v) is 18.8. The molecule has 0 amide bonds. The molecule has 0 saturated carbocycles. The van der Waals surface area contributed by atoms with Crippen molar-refractivity contribution in [2.45, 2.75) is 0 Å². The van der Waals surface area contributed by atoms with Gasteiger partial charge in [0, 0.05) is 34.0 Å². The van der Waals surface area contributed by atoms with Crippen LogP contribution in [-0.2, 0) is 0 Å². The molecular weight excluding hydrogens is 452 g/mol. The summed E-state index contributed by atoms with van der Waals surface area (Å²) in [5.74, 6) is 11.2. The number of hydrogen-bond donors (Lipinski definition) is 4. The van der Waals surface area contributed by atoms with Crippen molar-refractivity contribution in [2.24, 2.45) is 0 Å². The van der Waals surface area contributed by atoms with Crippen LogP contribution in [0.1, 0.15) is 22.3 Å². The first kappa shape index (κ1) is 23.3. The van der Waals surface area contributed by atoms with E-state index >= 15 is 0 Å². The molecule has 0 unspecified atom stereocenters. The minimum atomic E-state index is -0.151. The van der Waals surface area contributed by atoms with Gasteiger partial charge in [-0.1, -0.05) is 23.7 Å². The number of phenols is 2. The number of hydrogen-bond acceptors (Lipinski definition) is 6. The first-order chi connectivity index (χ1) is 17.3. The van der Waals surface area contributed by atoms with Gasteiger partial charge in [0.05, 0.1) is 22.5 Å². The van der Waals surface area contributed by atoms with Gasteiger partial charge in [-0.25, -0.2) is 0 Å². The molecule has 36 heavy (non-hydrogen) atoms. The molecular formula is C30H18N2O4. The quantitative estimate of drug-likeness (QED) is 0.191. The van der Waals surface area contributed by atoms with Gasteiger partial charge < -0.3 is 31.2 Å². The lowest BCUT2D eigenvalue weighted by Gasteiger charge is -2.18. The summed E-state index contributed by atoms with van der Waals surface area (Å²) in [5, 5.41) is 20.8. The number of benzene rings is 4. The molecule has 0 aromatic heterocycles. The molecule has 4 rings (SSSR count). The topological polar surface area (TPSA) is 111 Å². The lowest BCUT2D eigenvalue weighted by Crippen LogP contribution is -1.99. The fraction of sp³-hybridized carbons (Fsp3) is 0. The van der Waals surface area contributed by atoms with Crippen molar-refractivity contribution >= 4 is 22.1 Å². The second-order valence-electron chi connectivity index (χ2n) is 7.57. The number of nitrogens with two attached hydrogens (primary N) is 2. The predicted octanol–water partition coefficient (Wildman–Crippen LogP) is 4.93. The summed E-state index contributed by atoms with van der Waals surface area (Å²) < 4.78 is 11.9. The third kappa shape index (κ3) is 4.00. The van der Waals surface area contributed by atoms with Crippen molar-refractivity contribution in [3.8, 4) is 83.9 Å². The van der Waals surface area contributed by atoms with Gasteiger partial charge in [-0.15, -0.1) is 25.7 Å². The maximum Gasteiger partial charge on any atom is 0.144 e. The summed E-state index contributed by atoms with van der Waals surface area (Å²) in [5.41, 5.74) is 13.1. The SMILES string of the molecule is C#Cc1cc(Oc2ccc(N)c(O)c2)c(C#C)c2c(C#C)cc(Oc3ccc(N)c(O)c3)c(C#C)c12. The minimum absolute atomic E-state index is 0.151. The highest BCUT2D eigenvalue weighted by atomic mass is 16.5. The van der Waals surface area contributed by atoms with E-state index in [1.165, 1.54) is 24.3 Å². The van der Waals surface area contributed by atoms with Gasteiger partial charge >= 0.3 is 0 Å². The van der Waals surface area contributed by atoms with E-state index in [0.717, 1.165) is 0 Å². The molecule has 4 aromatic rings. The van der Waals surface area contributed by atoms with Crippen LogP contribution in [0.15, 0.2) is 48.5 Å². The van der Waals surface area contributed by atoms with Gasteiger partial charge in [0.1, 0.15) is 34.5 Å². The van der Waals surface area contributed by atoms with E-state index < -0.39 is 0 Å². The minimum Gasteiger partial charge on any atom is -0.506 e. The normalized spacial score (nSPS) is 10.0. The Morgan fingerprint density at radius 2 is 0.972 bits per heavy atom. The van der Waals surface area contributed by atoms with E-state index in [0.29, 0.717) is 33.0 Å². The monoisotopic (exact) mass is 470 g/mol. The molecule has 0 fully saturated rings. The molecule has 6 nitrogen and oxygen atoms in total. The zero-order chi connectivity index (χ0) is 26.0. The maximum absolute atomic E-state index is 9.95. The predicted molar refractivity (Wildman–Crippen MR) is 141 cm³/mol. The average Bonchev–Trinajstić information content (AvgIpc) is 2.87. The van der Waals surface area contributed by atoms with E-state index in [1.807, 2.05) is 0 Å². The summed E-state index contributed by atoms with van der Waals surface area (Å²) in [6.45, 7) is 0. The first-order valence-corrected chi connectivity index (χ1v) is 10.4. The van der Waals surface area contributed by atoms with Crippen LogP contribution in [0, 0.1) is 49.4 Å². The highest BCUT2D eigenvalue weighted by Crippen LogP contribution is 2.42. The molecule has 0 spiro atoms. The molecule has 6 N–H and O–H groups in total. The smallest absolute Gasteiger partial charge is 0.144 e. The number of nitrogen functional groups attached to an aromatic ring is 2. The molecule has 0 aliphatic heterocycles. The molecule has 4 aromatic carbocycles. The summed E-state index contributed by atoms with van der Waals surface area (Å²) >= 11 is 0. The highest BCUT2D eigenvalue weighted by molar-refractivity contribution is 6.03. The Labute approximate surface area is 208 Å². The van der Waals surface area contributed by atoms with E-state index in [2.05, 4.69) is 23.7 Å². The highest BCUT2D eigenvalue weighted by Gasteiger charge is 2.21. The molecule has 0 saturated heterocycles. The van der Waals surface area contributed by atoms with E-state index in [-0.39, 0.29) is 45.9 Å². The Hall–Kier alpha value is -5.82. The van der Waals surface area contributed by atoms with E-state index in [1.54, 1.807) is 24.3 Å². The number of anilines is 2. The maximum atomic E-state index is 9.95. The van der Waals surface area contributed by atoms with Crippen LogP contribution in [0.5, 0.6) is 34.5 Å². The van der Waals surface area contributed by atoms with Gasteiger partial charge in [0.15, 0.2) is 0 Å². The molecule has 0 atom stereocenters. The summed E-state index contributed by atoms with van der Waals surface area (Å²) in [6.07, 6.45) is 23.5. The molecule has 0 aliphatic carbocycles. The summed E-state index contributed by atoms with van der Waals surface area (Å²) in [6, 6.07) is 11.9. The fourth-order valence-electron chi connectivity index (χ4n) is 3.69. The van der Waals surface area contributed by atoms with Crippen molar-refractivity contribution in [1.29, 1.82) is 0 Å². The Bertz CT molecular complexity index is 1600. The molecule has 0 heterocycles. The second kappa shape index (κ2) is 9.20. The van der Waals surface area contributed by atoms with Gasteiger partial charge in [-0.2, -0.15) is 0 Å². The van der Waals surface area contributed by atoms with Crippen LogP contribution in [-0.4, -0.2) is 10.2 Å². The Kier molecular flexibility index (Phi) is 5.97. The first-order valence-electron chi connectivity index (χ1n) is 10.4. The lowest BCUT2D eigenvalue weighted by molar-refractivity contribution is 0.455.